The van der Waals surface area contributed by atoms with Gasteiger partial charge in [-0.3, -0.25) is 9.59 Å². The van der Waals surface area contributed by atoms with Gasteiger partial charge in [0, 0.05) is 67.1 Å². The highest BCUT2D eigenvalue weighted by atomic mass is 16.5. The fraction of sp³-hybridized carbons (Fsp3) is 0.324. The molecule has 1 fully saturated rings. The van der Waals surface area contributed by atoms with E-state index in [4.69, 9.17) is 14.7 Å². The van der Waals surface area contributed by atoms with E-state index in [1.54, 1.807) is 50.5 Å². The van der Waals surface area contributed by atoms with Gasteiger partial charge in [-0.1, -0.05) is 6.07 Å². The van der Waals surface area contributed by atoms with E-state index in [1.165, 1.54) is 4.90 Å². The van der Waals surface area contributed by atoms with Crippen LogP contribution in [0.25, 0.3) is 22.3 Å². The van der Waals surface area contributed by atoms with Crippen LogP contribution in [0.3, 0.4) is 0 Å². The highest BCUT2D eigenvalue weighted by Gasteiger charge is 2.19. The lowest BCUT2D eigenvalue weighted by molar-refractivity contribution is 0.0827. The van der Waals surface area contributed by atoms with Gasteiger partial charge in [0.2, 0.25) is 0 Å². The Morgan fingerprint density at radius 2 is 1.44 bits per heavy atom. The Balaban J connectivity index is 1.34. The average Bonchev–Trinajstić information content (AvgIpc) is 3.04. The molecule has 5 rings (SSSR count). The summed E-state index contributed by atoms with van der Waals surface area (Å²) >= 11 is 0. The predicted octanol–water partition coefficient (Wildman–Crippen LogP) is 5.00. The number of urea groups is 1. The number of fused-ring (bicyclic) bond motifs is 1. The van der Waals surface area contributed by atoms with Crippen LogP contribution in [0.4, 0.5) is 22.0 Å². The van der Waals surface area contributed by atoms with Crippen LogP contribution in [0.15, 0.2) is 66.7 Å². The highest BCUT2D eigenvalue weighted by molar-refractivity contribution is 6.02. The Morgan fingerprint density at radius 3 is 2.07 bits per heavy atom. The van der Waals surface area contributed by atoms with Crippen LogP contribution in [-0.2, 0) is 4.74 Å². The lowest BCUT2D eigenvalue weighted by Crippen LogP contribution is -2.37. The first-order chi connectivity index (χ1) is 21.7. The van der Waals surface area contributed by atoms with Crippen molar-refractivity contribution in [3.05, 3.63) is 77.9 Å². The number of aromatic nitrogens is 2. The number of hydrogen-bond acceptors (Lipinski definition) is 8. The number of anilines is 3. The monoisotopic (exact) mass is 609 g/mol. The lowest BCUT2D eigenvalue weighted by atomic mass is 10.0. The Morgan fingerprint density at radius 1 is 0.822 bits per heavy atom. The zero-order valence-electron chi connectivity index (χ0n) is 26.2. The minimum Gasteiger partial charge on any atom is -0.378 e. The quantitative estimate of drug-likeness (QED) is 0.241. The van der Waals surface area contributed by atoms with Crippen molar-refractivity contribution in [1.29, 1.82) is 0 Å². The zero-order valence-corrected chi connectivity index (χ0v) is 26.2. The SMILES string of the molecule is CN(C)CCCC(=O)c1ccc2c(N3CCOCC3)nc(-c3ccc(NC(=O)Nc4ccc(C(=O)N(C)C)cc4)cc3)nc2c1. The highest BCUT2D eigenvalue weighted by Crippen LogP contribution is 2.30. The number of rotatable bonds is 10. The Kier molecular flexibility index (Phi) is 10.0. The summed E-state index contributed by atoms with van der Waals surface area (Å²) in [5.74, 6) is 1.33. The first-order valence-corrected chi connectivity index (χ1v) is 15.0. The number of ketones is 1. The summed E-state index contributed by atoms with van der Waals surface area (Å²) in [5.41, 5.74) is 3.83. The summed E-state index contributed by atoms with van der Waals surface area (Å²) in [5, 5.41) is 6.50. The Hall–Kier alpha value is -4.87. The molecule has 45 heavy (non-hydrogen) atoms. The van der Waals surface area contributed by atoms with E-state index in [2.05, 4.69) is 20.4 Å². The molecule has 1 aliphatic rings. The van der Waals surface area contributed by atoms with Gasteiger partial charge in [0.15, 0.2) is 11.6 Å². The van der Waals surface area contributed by atoms with Gasteiger partial charge in [0.1, 0.15) is 5.82 Å². The molecule has 0 aliphatic carbocycles. The smallest absolute Gasteiger partial charge is 0.323 e. The standard InChI is InChI=1S/C34H39N7O4/c1-39(2)17-5-6-30(42)25-11-16-28-29(22-25)37-31(38-32(28)41-18-20-45-21-19-41)23-7-12-26(13-8-23)35-34(44)36-27-14-9-24(10-15-27)33(43)40(3)4/h7-16,22H,5-6,17-21H2,1-4H3,(H2,35,36,44). The van der Waals surface area contributed by atoms with Crippen molar-refractivity contribution >= 4 is 45.8 Å². The third kappa shape index (κ3) is 8.00. The summed E-state index contributed by atoms with van der Waals surface area (Å²) < 4.78 is 5.57. The Bertz CT molecular complexity index is 1670. The zero-order chi connectivity index (χ0) is 31.9. The molecule has 0 radical (unpaired) electrons. The fourth-order valence-electron chi connectivity index (χ4n) is 5.08. The number of benzene rings is 3. The maximum atomic E-state index is 13.0. The molecule has 3 aromatic carbocycles. The van der Waals surface area contributed by atoms with Gasteiger partial charge in [-0.25, -0.2) is 14.8 Å². The van der Waals surface area contributed by atoms with E-state index in [0.717, 1.165) is 29.7 Å². The van der Waals surface area contributed by atoms with Gasteiger partial charge in [-0.05, 0) is 87.7 Å². The summed E-state index contributed by atoms with van der Waals surface area (Å²) in [6, 6.07) is 19.3. The van der Waals surface area contributed by atoms with E-state index < -0.39 is 6.03 Å². The fourth-order valence-corrected chi connectivity index (χ4v) is 5.08. The van der Waals surface area contributed by atoms with Gasteiger partial charge in [-0.15, -0.1) is 0 Å². The molecule has 0 unspecified atom stereocenters. The Labute approximate surface area is 263 Å². The number of ether oxygens (including phenoxy) is 1. The second kappa shape index (κ2) is 14.3. The predicted molar refractivity (Wildman–Crippen MR) is 177 cm³/mol. The topological polar surface area (TPSA) is 120 Å². The molecule has 1 aliphatic heterocycles. The maximum Gasteiger partial charge on any atom is 0.323 e. The lowest BCUT2D eigenvalue weighted by Gasteiger charge is -2.29. The number of hydrogen-bond donors (Lipinski definition) is 2. The van der Waals surface area contributed by atoms with Crippen molar-refractivity contribution in [3.8, 4) is 11.4 Å². The van der Waals surface area contributed by atoms with E-state index >= 15 is 0 Å². The number of carbonyl (C=O) groups excluding carboxylic acids is 3. The van der Waals surface area contributed by atoms with Gasteiger partial charge in [0.05, 0.1) is 18.7 Å². The van der Waals surface area contributed by atoms with Crippen LogP contribution in [-0.4, -0.2) is 98.5 Å². The second-order valence-corrected chi connectivity index (χ2v) is 11.5. The minimum absolute atomic E-state index is 0.0959. The first kappa shape index (κ1) is 31.6. The molecule has 0 spiro atoms. The maximum absolute atomic E-state index is 13.0. The van der Waals surface area contributed by atoms with Crippen LogP contribution in [0.5, 0.6) is 0 Å². The van der Waals surface area contributed by atoms with Crippen molar-refractivity contribution in [2.45, 2.75) is 12.8 Å². The van der Waals surface area contributed by atoms with Crippen molar-refractivity contribution < 1.29 is 19.1 Å². The van der Waals surface area contributed by atoms with Crippen molar-refractivity contribution in [3.63, 3.8) is 0 Å². The molecular weight excluding hydrogens is 570 g/mol. The summed E-state index contributed by atoms with van der Waals surface area (Å²) in [7, 11) is 7.38. The molecule has 234 valence electrons. The van der Waals surface area contributed by atoms with Gasteiger partial charge >= 0.3 is 6.03 Å². The summed E-state index contributed by atoms with van der Waals surface area (Å²) in [4.78, 5) is 53.3. The van der Waals surface area contributed by atoms with E-state index in [9.17, 15) is 14.4 Å². The molecule has 0 saturated carbocycles. The van der Waals surface area contributed by atoms with Crippen LogP contribution in [0.1, 0.15) is 33.6 Å². The summed E-state index contributed by atoms with van der Waals surface area (Å²) in [6.45, 7) is 3.51. The number of nitrogens with zero attached hydrogens (tertiary/aromatic N) is 5. The van der Waals surface area contributed by atoms with E-state index in [0.29, 0.717) is 66.6 Å². The summed E-state index contributed by atoms with van der Waals surface area (Å²) in [6.07, 6.45) is 1.27. The third-order valence-corrected chi connectivity index (χ3v) is 7.52. The van der Waals surface area contributed by atoms with E-state index in [1.807, 2.05) is 44.4 Å². The van der Waals surface area contributed by atoms with Crippen LogP contribution >= 0.6 is 0 Å². The third-order valence-electron chi connectivity index (χ3n) is 7.52. The largest absolute Gasteiger partial charge is 0.378 e. The van der Waals surface area contributed by atoms with Gasteiger partial charge < -0.3 is 30.1 Å². The molecule has 11 nitrogen and oxygen atoms in total. The molecule has 1 aromatic heterocycles. The van der Waals surface area contributed by atoms with E-state index in [-0.39, 0.29) is 11.7 Å². The van der Waals surface area contributed by atoms with Crippen LogP contribution in [0.2, 0.25) is 0 Å². The average molecular weight is 610 g/mol. The molecule has 2 heterocycles. The number of Topliss-reactive ketones (excluding diaryl/α,β-unsaturated/α-hetero) is 1. The molecule has 4 aromatic rings. The van der Waals surface area contributed by atoms with Gasteiger partial charge in [0.25, 0.3) is 5.91 Å². The van der Waals surface area contributed by atoms with Gasteiger partial charge in [-0.2, -0.15) is 0 Å². The van der Waals surface area contributed by atoms with Crippen molar-refractivity contribution in [2.75, 3.05) is 76.6 Å². The number of morpholine rings is 1. The van der Waals surface area contributed by atoms with Crippen molar-refractivity contribution in [2.24, 2.45) is 0 Å². The first-order valence-electron chi connectivity index (χ1n) is 15.0. The molecule has 11 heteroatoms. The number of carbonyl (C=O) groups is 3. The molecule has 3 amide bonds. The molecule has 0 bridgehead atoms. The van der Waals surface area contributed by atoms with Crippen molar-refractivity contribution in [1.82, 2.24) is 19.8 Å². The second-order valence-electron chi connectivity index (χ2n) is 11.5. The number of amides is 3. The number of nitrogens with one attached hydrogen (secondary N) is 2. The minimum atomic E-state index is -0.409. The molecular formula is C34H39N7O4. The van der Waals surface area contributed by atoms with Crippen LogP contribution in [0, 0.1) is 0 Å². The molecule has 0 atom stereocenters. The normalized spacial score (nSPS) is 13.1. The van der Waals surface area contributed by atoms with Crippen LogP contribution < -0.4 is 15.5 Å². The molecule has 1 saturated heterocycles. The molecule has 2 N–H and O–H groups in total.